The van der Waals surface area contributed by atoms with E-state index >= 15 is 0 Å². The Labute approximate surface area is 300 Å². The van der Waals surface area contributed by atoms with Gasteiger partial charge in [0.25, 0.3) is 15.9 Å². The molecule has 3 atom stereocenters. The van der Waals surface area contributed by atoms with Gasteiger partial charge in [0.1, 0.15) is 24.1 Å². The Morgan fingerprint density at radius 3 is 2.56 bits per heavy atom. The number of methoxy groups -OCH3 is 1. The molecule has 2 amide bonds. The van der Waals surface area contributed by atoms with Gasteiger partial charge in [-0.25, -0.2) is 17.9 Å². The van der Waals surface area contributed by atoms with Gasteiger partial charge in [-0.1, -0.05) is 23.7 Å². The van der Waals surface area contributed by atoms with Crippen LogP contribution in [-0.4, -0.2) is 83.0 Å². The van der Waals surface area contributed by atoms with Crippen molar-refractivity contribution in [3.63, 3.8) is 0 Å². The highest BCUT2D eigenvalue weighted by Crippen LogP contribution is 2.42. The number of likely N-dealkylation sites (tertiary alicyclic amines) is 1. The smallest absolute Gasteiger partial charge is 0.410 e. The molecule has 1 aliphatic carbocycles. The number of ether oxygens (including phenoxy) is 4. The highest BCUT2D eigenvalue weighted by Gasteiger charge is 2.41. The summed E-state index contributed by atoms with van der Waals surface area (Å²) in [5, 5.41) is 0.676. The van der Waals surface area contributed by atoms with Crippen molar-refractivity contribution in [1.29, 1.82) is 0 Å². The number of amides is 2. The van der Waals surface area contributed by atoms with Gasteiger partial charge in [-0.05, 0) is 112 Å². The van der Waals surface area contributed by atoms with Crippen LogP contribution in [0.3, 0.4) is 0 Å². The Hall–Kier alpha value is -3.32. The van der Waals surface area contributed by atoms with E-state index < -0.39 is 27.6 Å². The van der Waals surface area contributed by atoms with Crippen LogP contribution in [0.5, 0.6) is 5.75 Å². The molecule has 1 N–H and O–H groups in total. The van der Waals surface area contributed by atoms with Gasteiger partial charge in [0.05, 0.1) is 23.3 Å². The molecule has 0 spiro atoms. The minimum absolute atomic E-state index is 0.0288. The number of benzene rings is 2. The summed E-state index contributed by atoms with van der Waals surface area (Å²) in [6.07, 6.45) is 8.81. The van der Waals surface area contributed by atoms with Gasteiger partial charge in [-0.3, -0.25) is 4.79 Å². The Morgan fingerprint density at radius 2 is 1.82 bits per heavy atom. The standard InChI is InChI=1S/C37H48ClN3O8S/c1-37(2)35(42)39-50(44,45)30-12-14-34-32(22-30)41(17-5-4-7-25-21-28(38)11-9-27(25)24-47-34)23-26-10-13-31(26)33(8-6-20-48-37)49-36(43)40-18-15-29(46-3)16-19-40/h6,8-9,11-12,14,21-22,26,29,31,33H,4-5,7,10,13,15-20,23-24H2,1-3H3,(H,39,42)/b8-6+/t26-,31+,33-/m0/s1. The zero-order valence-corrected chi connectivity index (χ0v) is 30.6. The number of nitrogens with one attached hydrogen (secondary N) is 1. The third kappa shape index (κ3) is 8.41. The highest BCUT2D eigenvalue weighted by atomic mass is 35.5. The van der Waals surface area contributed by atoms with Gasteiger partial charge in [-0.15, -0.1) is 0 Å². The van der Waals surface area contributed by atoms with E-state index in [1.165, 1.54) is 19.9 Å². The number of hydrogen-bond donors (Lipinski definition) is 1. The summed E-state index contributed by atoms with van der Waals surface area (Å²) in [5.74, 6) is -0.0480. The number of nitrogens with zero attached hydrogens (tertiary/aromatic N) is 2. The van der Waals surface area contributed by atoms with Crippen molar-refractivity contribution >= 4 is 39.3 Å². The molecule has 13 heteroatoms. The zero-order valence-electron chi connectivity index (χ0n) is 29.1. The minimum atomic E-state index is -4.24. The van der Waals surface area contributed by atoms with E-state index in [1.807, 2.05) is 24.3 Å². The van der Waals surface area contributed by atoms with Gasteiger partial charge >= 0.3 is 6.09 Å². The van der Waals surface area contributed by atoms with Crippen molar-refractivity contribution in [2.24, 2.45) is 11.8 Å². The Kier molecular flexibility index (Phi) is 11.3. The summed E-state index contributed by atoms with van der Waals surface area (Å²) >= 11 is 6.35. The highest BCUT2D eigenvalue weighted by molar-refractivity contribution is 7.90. The first-order valence-electron chi connectivity index (χ1n) is 17.6. The molecule has 3 heterocycles. The van der Waals surface area contributed by atoms with Crippen LogP contribution in [0.25, 0.3) is 0 Å². The van der Waals surface area contributed by atoms with Crippen molar-refractivity contribution in [3.8, 4) is 5.75 Å². The SMILES string of the molecule is COC1CCN(C(=O)O[C@H]2/C=C/COC(C)(C)C(=O)NS(=O)(=O)c3ccc4c(c3)N(CCCCc3cc(Cl)ccc3CO4)C[C@@H]3CC[C@H]32)CC1. The lowest BCUT2D eigenvalue weighted by Gasteiger charge is -2.44. The quantitative estimate of drug-likeness (QED) is 0.378. The molecule has 50 heavy (non-hydrogen) atoms. The fraction of sp³-hybridized carbons (Fsp3) is 0.568. The Balaban J connectivity index is 1.33. The van der Waals surface area contributed by atoms with Crippen molar-refractivity contribution < 1.29 is 37.0 Å². The normalized spacial score (nSPS) is 26.5. The summed E-state index contributed by atoms with van der Waals surface area (Å²) in [6, 6.07) is 10.5. The molecule has 4 aliphatic rings. The van der Waals surface area contributed by atoms with Crippen LogP contribution in [0, 0.1) is 11.8 Å². The van der Waals surface area contributed by atoms with Crippen LogP contribution < -0.4 is 14.4 Å². The molecular formula is C37H48ClN3O8S. The van der Waals surface area contributed by atoms with Crippen molar-refractivity contribution in [2.45, 2.75) is 88.1 Å². The molecule has 1 saturated carbocycles. The molecule has 0 aromatic heterocycles. The lowest BCUT2D eigenvalue weighted by atomic mass is 9.70. The molecule has 6 rings (SSSR count). The second kappa shape index (κ2) is 15.5. The molecule has 3 aliphatic heterocycles. The maximum absolute atomic E-state index is 13.6. The summed E-state index contributed by atoms with van der Waals surface area (Å²) in [4.78, 5) is 30.6. The summed E-state index contributed by atoms with van der Waals surface area (Å²) < 4.78 is 53.5. The monoisotopic (exact) mass is 729 g/mol. The number of carbonyl (C=O) groups is 2. The fourth-order valence-electron chi connectivity index (χ4n) is 7.17. The average Bonchev–Trinajstić information content (AvgIpc) is 3.11. The first kappa shape index (κ1) is 36.5. The van der Waals surface area contributed by atoms with Gasteiger partial charge < -0.3 is 28.7 Å². The second-order valence-corrected chi connectivity index (χ2v) is 16.3. The third-order valence-corrected chi connectivity index (χ3v) is 12.1. The van der Waals surface area contributed by atoms with Crippen LogP contribution in [0.1, 0.15) is 63.5 Å². The molecule has 0 unspecified atom stereocenters. The predicted molar refractivity (Wildman–Crippen MR) is 190 cm³/mol. The minimum Gasteiger partial charge on any atom is -0.487 e. The molecule has 2 fully saturated rings. The molecule has 2 aromatic rings. The molecule has 0 radical (unpaired) electrons. The number of rotatable bonds is 2. The number of piperidine rings is 1. The van der Waals surface area contributed by atoms with E-state index in [0.29, 0.717) is 42.6 Å². The summed E-state index contributed by atoms with van der Waals surface area (Å²) in [5.41, 5.74) is 1.33. The van der Waals surface area contributed by atoms with Crippen LogP contribution in [0.4, 0.5) is 10.5 Å². The Morgan fingerprint density at radius 1 is 1.02 bits per heavy atom. The summed E-state index contributed by atoms with van der Waals surface area (Å²) in [6.45, 7) is 5.77. The van der Waals surface area contributed by atoms with Crippen molar-refractivity contribution in [1.82, 2.24) is 9.62 Å². The zero-order chi connectivity index (χ0) is 35.5. The number of sulfonamides is 1. The van der Waals surface area contributed by atoms with E-state index in [2.05, 4.69) is 9.62 Å². The van der Waals surface area contributed by atoms with Crippen LogP contribution in [0.15, 0.2) is 53.4 Å². The predicted octanol–water partition coefficient (Wildman–Crippen LogP) is 5.87. The molecule has 2 bridgehead atoms. The number of carbonyl (C=O) groups excluding carboxylic acids is 2. The number of anilines is 1. The third-order valence-electron chi connectivity index (χ3n) is 10.5. The molecule has 11 nitrogen and oxygen atoms in total. The van der Waals surface area contributed by atoms with Crippen LogP contribution >= 0.6 is 11.6 Å². The largest absolute Gasteiger partial charge is 0.487 e. The lowest BCUT2D eigenvalue weighted by Crippen LogP contribution is -2.48. The first-order valence-corrected chi connectivity index (χ1v) is 19.4. The van der Waals surface area contributed by atoms with E-state index in [0.717, 1.165) is 56.1 Å². The number of aryl methyl sites for hydroxylation is 1. The lowest BCUT2D eigenvalue weighted by molar-refractivity contribution is -0.139. The van der Waals surface area contributed by atoms with E-state index in [9.17, 15) is 18.0 Å². The van der Waals surface area contributed by atoms with Gasteiger partial charge in [0.2, 0.25) is 0 Å². The van der Waals surface area contributed by atoms with Gasteiger partial charge in [0.15, 0.2) is 0 Å². The molecule has 272 valence electrons. The maximum Gasteiger partial charge on any atom is 0.410 e. The van der Waals surface area contributed by atoms with Crippen molar-refractivity contribution in [3.05, 3.63) is 64.7 Å². The van der Waals surface area contributed by atoms with Crippen molar-refractivity contribution in [2.75, 3.05) is 44.8 Å². The molecular weight excluding hydrogens is 682 g/mol. The first-order chi connectivity index (χ1) is 23.9. The van der Waals surface area contributed by atoms with E-state index in [1.54, 1.807) is 30.2 Å². The number of fused-ring (bicyclic) bond motifs is 3. The topological polar surface area (TPSA) is 124 Å². The maximum atomic E-state index is 13.6. The van der Waals surface area contributed by atoms with Gasteiger partial charge in [0, 0.05) is 44.2 Å². The number of hydrogen-bond acceptors (Lipinski definition) is 9. The van der Waals surface area contributed by atoms with Gasteiger partial charge in [-0.2, -0.15) is 0 Å². The van der Waals surface area contributed by atoms with E-state index in [-0.39, 0.29) is 42.1 Å². The molecule has 1 saturated heterocycles. The summed E-state index contributed by atoms with van der Waals surface area (Å²) in [7, 11) is -2.55. The number of halogens is 1. The second-order valence-electron chi connectivity index (χ2n) is 14.2. The average molecular weight is 730 g/mol. The van der Waals surface area contributed by atoms with Crippen LogP contribution in [-0.2, 0) is 42.1 Å². The Bertz CT molecular complexity index is 1690. The fourth-order valence-corrected chi connectivity index (χ4v) is 8.49. The van der Waals surface area contributed by atoms with E-state index in [4.69, 9.17) is 30.5 Å². The van der Waals surface area contributed by atoms with Crippen LogP contribution in [0.2, 0.25) is 5.02 Å². The molecule has 2 aromatic carbocycles.